The monoisotopic (exact) mass is 314 g/mol. The lowest BCUT2D eigenvalue weighted by Gasteiger charge is -2.18. The van der Waals surface area contributed by atoms with Crippen LogP contribution in [0.2, 0.25) is 0 Å². The quantitative estimate of drug-likeness (QED) is 0.530. The summed E-state index contributed by atoms with van der Waals surface area (Å²) in [5.41, 5.74) is 9.89. The van der Waals surface area contributed by atoms with E-state index in [1.807, 2.05) is 0 Å². The van der Waals surface area contributed by atoms with Crippen molar-refractivity contribution in [3.8, 4) is 0 Å². The summed E-state index contributed by atoms with van der Waals surface area (Å²) in [5.74, 6) is 0. The number of rotatable bonds is 4. The van der Waals surface area contributed by atoms with Gasteiger partial charge in [-0.25, -0.2) is 0 Å². The molecule has 0 fully saturated rings. The van der Waals surface area contributed by atoms with Crippen LogP contribution < -0.4 is 0 Å². The van der Waals surface area contributed by atoms with Gasteiger partial charge in [0.25, 0.3) is 0 Å². The molecule has 1 aliphatic rings. The fourth-order valence-electron chi connectivity index (χ4n) is 3.77. The maximum atomic E-state index is 4.38. The average molecular weight is 314 g/mol. The Morgan fingerprint density at radius 1 is 0.750 bits per heavy atom. The average Bonchev–Trinajstić information content (AvgIpc) is 2.78. The van der Waals surface area contributed by atoms with Crippen molar-refractivity contribution in [3.05, 3.63) is 95.1 Å². The fraction of sp³-hybridized carbons (Fsp3) is 0.250. The molecule has 0 saturated heterocycles. The van der Waals surface area contributed by atoms with Gasteiger partial charge in [-0.05, 0) is 53.5 Å². The summed E-state index contributed by atoms with van der Waals surface area (Å²) in [6.45, 7) is 8.93. The molecule has 0 nitrogen and oxygen atoms in total. The van der Waals surface area contributed by atoms with Crippen LogP contribution in [0.1, 0.15) is 50.7 Å². The molecule has 0 heterocycles. The van der Waals surface area contributed by atoms with Gasteiger partial charge in [0.1, 0.15) is 0 Å². The first-order chi connectivity index (χ1) is 11.7. The van der Waals surface area contributed by atoms with E-state index in [1.54, 1.807) is 5.57 Å². The van der Waals surface area contributed by atoms with Crippen molar-refractivity contribution < 1.29 is 0 Å². The molecule has 0 bridgehead atoms. The predicted molar refractivity (Wildman–Crippen MR) is 106 cm³/mol. The molecule has 0 aromatic heterocycles. The summed E-state index contributed by atoms with van der Waals surface area (Å²) >= 11 is 0. The second kappa shape index (κ2) is 7.49. The van der Waals surface area contributed by atoms with Crippen molar-refractivity contribution in [2.75, 3.05) is 0 Å². The Morgan fingerprint density at radius 3 is 1.88 bits per heavy atom. The third-order valence-electron chi connectivity index (χ3n) is 4.89. The van der Waals surface area contributed by atoms with E-state index in [1.165, 1.54) is 33.4 Å². The van der Waals surface area contributed by atoms with E-state index in [-0.39, 0.29) is 0 Å². The van der Waals surface area contributed by atoms with Gasteiger partial charge in [-0.15, -0.1) is 0 Å². The molecule has 2 aromatic rings. The van der Waals surface area contributed by atoms with Crippen LogP contribution in [0.15, 0.2) is 84.0 Å². The summed E-state index contributed by atoms with van der Waals surface area (Å²) in [7, 11) is 0. The molecular weight excluding hydrogens is 288 g/mol. The first-order valence-electron chi connectivity index (χ1n) is 8.96. The maximum absolute atomic E-state index is 4.38. The van der Waals surface area contributed by atoms with Gasteiger partial charge in [0.2, 0.25) is 0 Å². The van der Waals surface area contributed by atoms with Gasteiger partial charge in [0, 0.05) is 0 Å². The highest BCUT2D eigenvalue weighted by molar-refractivity contribution is 5.99. The third kappa shape index (κ3) is 3.28. The van der Waals surface area contributed by atoms with Crippen molar-refractivity contribution in [1.82, 2.24) is 0 Å². The minimum Gasteiger partial charge on any atom is -0.0992 e. The molecule has 24 heavy (non-hydrogen) atoms. The molecule has 0 radical (unpaired) electrons. The van der Waals surface area contributed by atoms with Crippen LogP contribution in [0.5, 0.6) is 0 Å². The van der Waals surface area contributed by atoms with E-state index in [2.05, 4.69) is 81.1 Å². The third-order valence-corrected chi connectivity index (χ3v) is 4.89. The Morgan fingerprint density at radius 2 is 1.33 bits per heavy atom. The van der Waals surface area contributed by atoms with Crippen LogP contribution >= 0.6 is 0 Å². The topological polar surface area (TPSA) is 0 Å². The first-order valence-corrected chi connectivity index (χ1v) is 8.96. The lowest BCUT2D eigenvalue weighted by molar-refractivity contribution is 0.943. The van der Waals surface area contributed by atoms with E-state index in [0.29, 0.717) is 0 Å². The normalized spacial score (nSPS) is 15.7. The van der Waals surface area contributed by atoms with E-state index in [4.69, 9.17) is 0 Å². The zero-order valence-electron chi connectivity index (χ0n) is 14.8. The molecule has 0 aliphatic heterocycles. The molecule has 1 aliphatic carbocycles. The summed E-state index contributed by atoms with van der Waals surface area (Å²) < 4.78 is 0. The van der Waals surface area contributed by atoms with Gasteiger partial charge in [-0.1, -0.05) is 92.2 Å². The number of hydrogen-bond acceptors (Lipinski definition) is 0. The fourth-order valence-corrected chi connectivity index (χ4v) is 3.77. The highest BCUT2D eigenvalue weighted by Crippen LogP contribution is 2.43. The number of hydrogen-bond donors (Lipinski definition) is 0. The summed E-state index contributed by atoms with van der Waals surface area (Å²) in [6, 6.07) is 21.7. The van der Waals surface area contributed by atoms with Crippen LogP contribution in [0.4, 0.5) is 0 Å². The first kappa shape index (κ1) is 16.5. The van der Waals surface area contributed by atoms with Gasteiger partial charge in [0.15, 0.2) is 0 Å². The van der Waals surface area contributed by atoms with Crippen LogP contribution in [-0.4, -0.2) is 0 Å². The Labute approximate surface area is 146 Å². The van der Waals surface area contributed by atoms with Crippen molar-refractivity contribution >= 4 is 11.1 Å². The molecule has 0 unspecified atom stereocenters. The highest BCUT2D eigenvalue weighted by atomic mass is 14.3. The van der Waals surface area contributed by atoms with Crippen molar-refractivity contribution in [2.24, 2.45) is 0 Å². The van der Waals surface area contributed by atoms with Gasteiger partial charge in [0.05, 0.1) is 0 Å². The highest BCUT2D eigenvalue weighted by Gasteiger charge is 2.21. The lowest BCUT2D eigenvalue weighted by Crippen LogP contribution is -1.97. The zero-order valence-corrected chi connectivity index (χ0v) is 14.8. The summed E-state index contributed by atoms with van der Waals surface area (Å²) in [6.07, 6.45) is 4.16. The van der Waals surface area contributed by atoms with Crippen LogP contribution in [0.3, 0.4) is 0 Å². The Kier molecular flexibility index (Phi) is 5.15. The molecule has 3 rings (SSSR count). The van der Waals surface area contributed by atoms with Crippen LogP contribution in [0, 0.1) is 0 Å². The molecule has 0 atom stereocenters. The second-order valence-electron chi connectivity index (χ2n) is 6.48. The molecule has 122 valence electrons. The largest absolute Gasteiger partial charge is 0.0992 e. The molecule has 0 N–H and O–H groups in total. The maximum Gasteiger partial charge on any atom is -0.00544 e. The Hall–Kier alpha value is -2.34. The van der Waals surface area contributed by atoms with Crippen molar-refractivity contribution in [2.45, 2.75) is 39.5 Å². The zero-order chi connectivity index (χ0) is 16.9. The second-order valence-corrected chi connectivity index (χ2v) is 6.48. The van der Waals surface area contributed by atoms with Crippen molar-refractivity contribution in [3.63, 3.8) is 0 Å². The molecular formula is C24H26. The molecule has 0 spiro atoms. The SMILES string of the molecule is C=C1CC(CC)=C(CC)C(c2ccccc2)=C(c2ccccc2)C1. The molecule has 0 heteroatoms. The van der Waals surface area contributed by atoms with Gasteiger partial charge in [-0.2, -0.15) is 0 Å². The van der Waals surface area contributed by atoms with E-state index >= 15 is 0 Å². The van der Waals surface area contributed by atoms with Crippen LogP contribution in [0.25, 0.3) is 11.1 Å². The van der Waals surface area contributed by atoms with Gasteiger partial charge < -0.3 is 0 Å². The lowest BCUT2D eigenvalue weighted by atomic mass is 9.86. The Bertz CT molecular complexity index is 773. The summed E-state index contributed by atoms with van der Waals surface area (Å²) in [5, 5.41) is 0. The van der Waals surface area contributed by atoms with E-state index < -0.39 is 0 Å². The summed E-state index contributed by atoms with van der Waals surface area (Å²) in [4.78, 5) is 0. The smallest absolute Gasteiger partial charge is 0.00544 e. The predicted octanol–water partition coefficient (Wildman–Crippen LogP) is 7.06. The van der Waals surface area contributed by atoms with Gasteiger partial charge in [-0.3, -0.25) is 0 Å². The number of allylic oxidation sites excluding steroid dienone is 5. The Balaban J connectivity index is 2.33. The van der Waals surface area contributed by atoms with Crippen LogP contribution in [-0.2, 0) is 0 Å². The molecule has 2 aromatic carbocycles. The number of benzene rings is 2. The molecule has 0 amide bonds. The minimum absolute atomic E-state index is 0.960. The minimum atomic E-state index is 0.960. The van der Waals surface area contributed by atoms with Gasteiger partial charge >= 0.3 is 0 Å². The van der Waals surface area contributed by atoms with Crippen molar-refractivity contribution in [1.29, 1.82) is 0 Å². The van der Waals surface area contributed by atoms with E-state index in [0.717, 1.165) is 25.7 Å². The molecule has 0 saturated carbocycles. The van der Waals surface area contributed by atoms with E-state index in [9.17, 15) is 0 Å². The standard InChI is InChI=1S/C24H26/c1-4-19-16-18(3)17-23(20-12-8-6-9-13-20)24(22(19)5-2)21-14-10-7-11-15-21/h6-15H,3-5,16-17H2,1-2H3.